The van der Waals surface area contributed by atoms with Gasteiger partial charge in [-0.3, -0.25) is 4.79 Å². The fourth-order valence-electron chi connectivity index (χ4n) is 2.00. The van der Waals surface area contributed by atoms with Crippen LogP contribution in [0.5, 0.6) is 0 Å². The van der Waals surface area contributed by atoms with Gasteiger partial charge in [0.15, 0.2) is 0 Å². The average molecular weight is 222 g/mol. The molecular formula is C11H18N4O. The van der Waals surface area contributed by atoms with Gasteiger partial charge in [-0.15, -0.1) is 0 Å². The summed E-state index contributed by atoms with van der Waals surface area (Å²) in [5.74, 6) is 0.602. The van der Waals surface area contributed by atoms with E-state index < -0.39 is 0 Å². The molecule has 1 saturated heterocycles. The van der Waals surface area contributed by atoms with Crippen molar-refractivity contribution in [1.29, 1.82) is 0 Å². The second-order valence-electron chi connectivity index (χ2n) is 4.49. The molecule has 2 heterocycles. The van der Waals surface area contributed by atoms with Crippen LogP contribution in [0.25, 0.3) is 0 Å². The van der Waals surface area contributed by atoms with Gasteiger partial charge in [0.2, 0.25) is 5.91 Å². The Balaban J connectivity index is 1.80. The predicted octanol–water partition coefficient (Wildman–Crippen LogP) is 0.0788. The van der Waals surface area contributed by atoms with Crippen molar-refractivity contribution in [2.45, 2.75) is 25.9 Å². The number of nitrogens with two attached hydrogens (primary N) is 1. The van der Waals surface area contributed by atoms with Crippen molar-refractivity contribution in [3.8, 4) is 0 Å². The highest BCUT2D eigenvalue weighted by atomic mass is 16.2. The summed E-state index contributed by atoms with van der Waals surface area (Å²) in [5.41, 5.74) is 5.89. The summed E-state index contributed by atoms with van der Waals surface area (Å²) in [5, 5.41) is 0. The Morgan fingerprint density at radius 3 is 2.94 bits per heavy atom. The van der Waals surface area contributed by atoms with Gasteiger partial charge in [0.1, 0.15) is 0 Å². The monoisotopic (exact) mass is 222 g/mol. The highest BCUT2D eigenvalue weighted by Crippen LogP contribution is 2.15. The van der Waals surface area contributed by atoms with Crippen LogP contribution < -0.4 is 5.73 Å². The molecule has 2 unspecified atom stereocenters. The molecule has 1 aromatic heterocycles. The Kier molecular flexibility index (Phi) is 3.24. The number of amides is 1. The van der Waals surface area contributed by atoms with Gasteiger partial charge in [-0.05, 0) is 5.92 Å². The van der Waals surface area contributed by atoms with E-state index in [2.05, 4.69) is 11.9 Å². The Labute approximate surface area is 95.2 Å². The maximum atomic E-state index is 11.9. The van der Waals surface area contributed by atoms with Crippen molar-refractivity contribution in [3.63, 3.8) is 0 Å². The normalized spacial score (nSPS) is 25.0. The predicted molar refractivity (Wildman–Crippen MR) is 60.6 cm³/mol. The first kappa shape index (κ1) is 11.1. The Hall–Kier alpha value is -1.36. The Morgan fingerprint density at radius 1 is 1.56 bits per heavy atom. The van der Waals surface area contributed by atoms with Gasteiger partial charge in [-0.2, -0.15) is 0 Å². The van der Waals surface area contributed by atoms with Gasteiger partial charge in [0.25, 0.3) is 0 Å². The fraction of sp³-hybridized carbons (Fsp3) is 0.636. The molecule has 2 rings (SSSR count). The number of nitrogens with zero attached hydrogens (tertiary/aromatic N) is 3. The van der Waals surface area contributed by atoms with E-state index in [1.165, 1.54) is 0 Å². The van der Waals surface area contributed by atoms with Gasteiger partial charge < -0.3 is 15.2 Å². The first-order valence-electron chi connectivity index (χ1n) is 5.66. The lowest BCUT2D eigenvalue weighted by molar-refractivity contribution is -0.130. The van der Waals surface area contributed by atoms with Crippen LogP contribution in [0.15, 0.2) is 18.7 Å². The molecule has 1 fully saturated rings. The first-order chi connectivity index (χ1) is 7.66. The van der Waals surface area contributed by atoms with Gasteiger partial charge >= 0.3 is 0 Å². The SMILES string of the molecule is CC1CN(C(=O)CCn2ccnc2)CC1N. The molecule has 1 aromatic rings. The Morgan fingerprint density at radius 2 is 2.38 bits per heavy atom. The molecule has 16 heavy (non-hydrogen) atoms. The molecule has 5 heteroatoms. The summed E-state index contributed by atoms with van der Waals surface area (Å²) < 4.78 is 1.91. The van der Waals surface area contributed by atoms with Crippen LogP contribution in [0.4, 0.5) is 0 Å². The van der Waals surface area contributed by atoms with Crippen LogP contribution in [-0.4, -0.2) is 39.5 Å². The molecule has 0 aliphatic carbocycles. The molecule has 1 aliphatic rings. The summed E-state index contributed by atoms with van der Waals surface area (Å²) in [6, 6.07) is 0.136. The molecule has 5 nitrogen and oxygen atoms in total. The molecule has 0 radical (unpaired) electrons. The summed E-state index contributed by atoms with van der Waals surface area (Å²) in [4.78, 5) is 17.7. The molecule has 0 spiro atoms. The fourth-order valence-corrected chi connectivity index (χ4v) is 2.00. The van der Waals surface area contributed by atoms with E-state index >= 15 is 0 Å². The number of hydrogen-bond acceptors (Lipinski definition) is 3. The van der Waals surface area contributed by atoms with Crippen LogP contribution in [0.2, 0.25) is 0 Å². The van der Waals surface area contributed by atoms with Crippen molar-refractivity contribution in [2.75, 3.05) is 13.1 Å². The summed E-state index contributed by atoms with van der Waals surface area (Å²) >= 11 is 0. The third-order valence-electron chi connectivity index (χ3n) is 3.17. The number of aromatic nitrogens is 2. The maximum absolute atomic E-state index is 11.9. The quantitative estimate of drug-likeness (QED) is 0.787. The second-order valence-corrected chi connectivity index (χ2v) is 4.49. The minimum Gasteiger partial charge on any atom is -0.341 e. The molecule has 2 N–H and O–H groups in total. The minimum atomic E-state index is 0.136. The van der Waals surface area contributed by atoms with E-state index in [9.17, 15) is 4.79 Å². The van der Waals surface area contributed by atoms with Crippen LogP contribution in [0.3, 0.4) is 0 Å². The van der Waals surface area contributed by atoms with Crippen LogP contribution >= 0.6 is 0 Å². The van der Waals surface area contributed by atoms with Crippen molar-refractivity contribution >= 4 is 5.91 Å². The van der Waals surface area contributed by atoms with Gasteiger partial charge in [-0.1, -0.05) is 6.92 Å². The third-order valence-corrected chi connectivity index (χ3v) is 3.17. The lowest BCUT2D eigenvalue weighted by Crippen LogP contribution is -2.32. The number of carbonyl (C=O) groups is 1. The van der Waals surface area contributed by atoms with E-state index in [-0.39, 0.29) is 11.9 Å². The number of aryl methyl sites for hydroxylation is 1. The average Bonchev–Trinajstić information content (AvgIpc) is 2.86. The highest BCUT2D eigenvalue weighted by Gasteiger charge is 2.29. The molecule has 2 atom stereocenters. The number of rotatable bonds is 3. The topological polar surface area (TPSA) is 64.2 Å². The molecule has 1 amide bonds. The molecule has 1 aliphatic heterocycles. The third kappa shape index (κ3) is 2.41. The maximum Gasteiger partial charge on any atom is 0.224 e. The van der Waals surface area contributed by atoms with E-state index in [4.69, 9.17) is 5.73 Å². The number of imidazole rings is 1. The smallest absolute Gasteiger partial charge is 0.224 e. The van der Waals surface area contributed by atoms with Gasteiger partial charge in [0.05, 0.1) is 6.33 Å². The second kappa shape index (κ2) is 4.65. The van der Waals surface area contributed by atoms with Gasteiger partial charge in [-0.25, -0.2) is 4.98 Å². The highest BCUT2D eigenvalue weighted by molar-refractivity contribution is 5.76. The minimum absolute atomic E-state index is 0.136. The largest absolute Gasteiger partial charge is 0.341 e. The van der Waals surface area contributed by atoms with Crippen LogP contribution in [0.1, 0.15) is 13.3 Å². The molecule has 88 valence electrons. The zero-order valence-corrected chi connectivity index (χ0v) is 9.54. The lowest BCUT2D eigenvalue weighted by atomic mass is 10.1. The summed E-state index contributed by atoms with van der Waals surface area (Å²) in [7, 11) is 0. The van der Waals surface area contributed by atoms with E-state index in [0.717, 1.165) is 6.54 Å². The first-order valence-corrected chi connectivity index (χ1v) is 5.66. The van der Waals surface area contributed by atoms with Crippen LogP contribution in [-0.2, 0) is 11.3 Å². The van der Waals surface area contributed by atoms with Crippen molar-refractivity contribution in [3.05, 3.63) is 18.7 Å². The zero-order valence-electron chi connectivity index (χ0n) is 9.54. The number of carbonyl (C=O) groups excluding carboxylic acids is 1. The zero-order chi connectivity index (χ0) is 11.5. The van der Waals surface area contributed by atoms with E-state index in [1.807, 2.05) is 15.7 Å². The number of likely N-dealkylation sites (tertiary alicyclic amines) is 1. The van der Waals surface area contributed by atoms with Crippen LogP contribution in [0, 0.1) is 5.92 Å². The number of hydrogen-bond donors (Lipinski definition) is 1. The van der Waals surface area contributed by atoms with Gasteiger partial charge in [0, 0.05) is 44.5 Å². The Bertz CT molecular complexity index is 339. The molecular weight excluding hydrogens is 204 g/mol. The lowest BCUT2D eigenvalue weighted by Gasteiger charge is -2.15. The van der Waals surface area contributed by atoms with Crippen molar-refractivity contribution in [2.24, 2.45) is 11.7 Å². The standard InChI is InChI=1S/C11H18N4O/c1-9-6-15(7-10(9)12)11(16)2-4-14-5-3-13-8-14/h3,5,8-10H,2,4,6-7,12H2,1H3. The van der Waals surface area contributed by atoms with Crippen molar-refractivity contribution in [1.82, 2.24) is 14.5 Å². The molecule has 0 bridgehead atoms. The van der Waals surface area contributed by atoms with Crippen molar-refractivity contribution < 1.29 is 4.79 Å². The summed E-state index contributed by atoms with van der Waals surface area (Å²) in [6.45, 7) is 4.28. The van der Waals surface area contributed by atoms with E-state index in [1.54, 1.807) is 12.5 Å². The summed E-state index contributed by atoms with van der Waals surface area (Å²) in [6.07, 6.45) is 5.84. The molecule has 0 saturated carbocycles. The van der Waals surface area contributed by atoms with E-state index in [0.29, 0.717) is 25.4 Å². The molecule has 0 aromatic carbocycles.